The molecule has 0 saturated carbocycles. The Bertz CT molecular complexity index is 297. The van der Waals surface area contributed by atoms with E-state index in [9.17, 15) is 0 Å². The topological polar surface area (TPSA) is 0 Å². The summed E-state index contributed by atoms with van der Waals surface area (Å²) in [5.74, 6) is 0.650. The highest BCUT2D eigenvalue weighted by Crippen LogP contribution is 2.20. The molecule has 0 saturated heterocycles. The summed E-state index contributed by atoms with van der Waals surface area (Å²) in [6.45, 7) is 9.05. The minimum atomic E-state index is 0.650. The van der Waals surface area contributed by atoms with E-state index in [0.717, 1.165) is 6.42 Å². The van der Waals surface area contributed by atoms with Gasteiger partial charge in [0.25, 0.3) is 0 Å². The number of rotatable bonds is 5. The van der Waals surface area contributed by atoms with Crippen molar-refractivity contribution < 1.29 is 0 Å². The number of aryl methyl sites for hydroxylation is 2. The molecular weight excluding hydrogens is 180 g/mol. The van der Waals surface area contributed by atoms with Crippen molar-refractivity contribution in [1.82, 2.24) is 0 Å². The number of hydrogen-bond donors (Lipinski definition) is 0. The molecule has 0 N–H and O–H groups in total. The van der Waals surface area contributed by atoms with Crippen LogP contribution in [0, 0.1) is 0 Å². The first-order valence-electron chi connectivity index (χ1n) is 6.30. The zero-order valence-electron chi connectivity index (χ0n) is 10.6. The van der Waals surface area contributed by atoms with Gasteiger partial charge in [-0.15, -0.1) is 0 Å². The molecular formula is C15H24. The Morgan fingerprint density at radius 2 is 1.67 bits per heavy atom. The molecule has 15 heavy (non-hydrogen) atoms. The van der Waals surface area contributed by atoms with Crippen LogP contribution >= 0.6 is 0 Å². The van der Waals surface area contributed by atoms with Gasteiger partial charge in [0, 0.05) is 0 Å². The van der Waals surface area contributed by atoms with E-state index in [1.165, 1.54) is 36.0 Å². The molecule has 0 spiro atoms. The van der Waals surface area contributed by atoms with Gasteiger partial charge in [0.15, 0.2) is 0 Å². The monoisotopic (exact) mass is 204 g/mol. The normalized spacial score (nSPS) is 11.0. The maximum absolute atomic E-state index is 2.39. The zero-order chi connectivity index (χ0) is 11.3. The first-order chi connectivity index (χ1) is 7.17. The largest absolute Gasteiger partial charge is 0.0654 e. The summed E-state index contributed by atoms with van der Waals surface area (Å²) >= 11 is 0. The standard InChI is InChI=1S/C15H24/c1-5-7-8-14-9-13(6-2)10-15(11-14)12(3)4/h9-12H,5-8H2,1-4H3. The van der Waals surface area contributed by atoms with Crippen molar-refractivity contribution in [3.63, 3.8) is 0 Å². The Morgan fingerprint density at radius 3 is 2.20 bits per heavy atom. The van der Waals surface area contributed by atoms with Gasteiger partial charge in [0.2, 0.25) is 0 Å². The Labute approximate surface area is 94.7 Å². The fourth-order valence-corrected chi connectivity index (χ4v) is 1.85. The van der Waals surface area contributed by atoms with Gasteiger partial charge in [-0.25, -0.2) is 0 Å². The van der Waals surface area contributed by atoms with Crippen LogP contribution in [0.15, 0.2) is 18.2 Å². The van der Waals surface area contributed by atoms with Gasteiger partial charge in [-0.1, -0.05) is 52.3 Å². The van der Waals surface area contributed by atoms with Crippen LogP contribution in [-0.2, 0) is 12.8 Å². The van der Waals surface area contributed by atoms with Gasteiger partial charge < -0.3 is 0 Å². The number of benzene rings is 1. The van der Waals surface area contributed by atoms with E-state index in [0.29, 0.717) is 5.92 Å². The summed E-state index contributed by atoms with van der Waals surface area (Å²) in [6.07, 6.45) is 4.99. The van der Waals surface area contributed by atoms with E-state index in [1.807, 2.05) is 0 Å². The van der Waals surface area contributed by atoms with Crippen molar-refractivity contribution in [1.29, 1.82) is 0 Å². The van der Waals surface area contributed by atoms with Gasteiger partial charge in [-0.2, -0.15) is 0 Å². The molecule has 84 valence electrons. The second kappa shape index (κ2) is 5.95. The molecule has 0 nitrogen and oxygen atoms in total. The van der Waals surface area contributed by atoms with Crippen LogP contribution in [0.5, 0.6) is 0 Å². The van der Waals surface area contributed by atoms with Crippen molar-refractivity contribution in [2.75, 3.05) is 0 Å². The average Bonchev–Trinajstić information content (AvgIpc) is 2.25. The number of hydrogen-bond acceptors (Lipinski definition) is 0. The molecule has 0 aromatic heterocycles. The van der Waals surface area contributed by atoms with E-state index < -0.39 is 0 Å². The fourth-order valence-electron chi connectivity index (χ4n) is 1.85. The maximum Gasteiger partial charge on any atom is -0.0219 e. The van der Waals surface area contributed by atoms with Crippen LogP contribution in [0.2, 0.25) is 0 Å². The lowest BCUT2D eigenvalue weighted by molar-refractivity contribution is 0.787. The van der Waals surface area contributed by atoms with E-state index in [1.54, 1.807) is 0 Å². The van der Waals surface area contributed by atoms with Crippen molar-refractivity contribution in [2.24, 2.45) is 0 Å². The van der Waals surface area contributed by atoms with E-state index in [-0.39, 0.29) is 0 Å². The van der Waals surface area contributed by atoms with Crippen LogP contribution in [-0.4, -0.2) is 0 Å². The lowest BCUT2D eigenvalue weighted by atomic mass is 9.95. The van der Waals surface area contributed by atoms with Gasteiger partial charge >= 0.3 is 0 Å². The molecule has 0 aliphatic heterocycles. The van der Waals surface area contributed by atoms with Crippen molar-refractivity contribution in [3.8, 4) is 0 Å². The SMILES string of the molecule is CCCCc1cc(CC)cc(C(C)C)c1. The average molecular weight is 204 g/mol. The highest BCUT2D eigenvalue weighted by Gasteiger charge is 2.03. The fraction of sp³-hybridized carbons (Fsp3) is 0.600. The first-order valence-corrected chi connectivity index (χ1v) is 6.30. The van der Waals surface area contributed by atoms with E-state index >= 15 is 0 Å². The third-order valence-electron chi connectivity index (χ3n) is 2.97. The lowest BCUT2D eigenvalue weighted by Gasteiger charge is -2.11. The molecule has 0 heteroatoms. The Hall–Kier alpha value is -0.780. The molecule has 0 radical (unpaired) electrons. The Kier molecular flexibility index (Phi) is 4.87. The molecule has 1 aromatic carbocycles. The quantitative estimate of drug-likeness (QED) is 0.651. The third-order valence-corrected chi connectivity index (χ3v) is 2.97. The minimum absolute atomic E-state index is 0.650. The summed E-state index contributed by atoms with van der Waals surface area (Å²) in [7, 11) is 0. The zero-order valence-corrected chi connectivity index (χ0v) is 10.6. The van der Waals surface area contributed by atoms with Crippen LogP contribution in [0.1, 0.15) is 63.1 Å². The summed E-state index contributed by atoms with van der Waals surface area (Å²) < 4.78 is 0. The molecule has 0 atom stereocenters. The summed E-state index contributed by atoms with van der Waals surface area (Å²) in [5.41, 5.74) is 4.52. The molecule has 0 aliphatic carbocycles. The Morgan fingerprint density at radius 1 is 1.00 bits per heavy atom. The van der Waals surface area contributed by atoms with Gasteiger partial charge in [-0.05, 0) is 41.9 Å². The minimum Gasteiger partial charge on any atom is -0.0654 e. The number of unbranched alkanes of at least 4 members (excludes halogenated alkanes) is 1. The second-order valence-electron chi connectivity index (χ2n) is 4.69. The maximum atomic E-state index is 2.39. The van der Waals surface area contributed by atoms with Crippen LogP contribution < -0.4 is 0 Å². The van der Waals surface area contributed by atoms with Gasteiger partial charge in [0.05, 0.1) is 0 Å². The molecule has 1 aromatic rings. The summed E-state index contributed by atoms with van der Waals surface area (Å²) in [4.78, 5) is 0. The van der Waals surface area contributed by atoms with E-state index in [4.69, 9.17) is 0 Å². The van der Waals surface area contributed by atoms with Crippen molar-refractivity contribution >= 4 is 0 Å². The smallest absolute Gasteiger partial charge is 0.0219 e. The molecule has 0 amide bonds. The van der Waals surface area contributed by atoms with Gasteiger partial charge in [-0.3, -0.25) is 0 Å². The Balaban J connectivity index is 2.90. The van der Waals surface area contributed by atoms with Crippen LogP contribution in [0.4, 0.5) is 0 Å². The van der Waals surface area contributed by atoms with Gasteiger partial charge in [0.1, 0.15) is 0 Å². The highest BCUT2D eigenvalue weighted by molar-refractivity contribution is 5.32. The first kappa shape index (κ1) is 12.3. The van der Waals surface area contributed by atoms with Crippen molar-refractivity contribution in [2.45, 2.75) is 59.3 Å². The summed E-state index contributed by atoms with van der Waals surface area (Å²) in [5, 5.41) is 0. The third kappa shape index (κ3) is 3.70. The van der Waals surface area contributed by atoms with Crippen LogP contribution in [0.3, 0.4) is 0 Å². The molecule has 0 fully saturated rings. The molecule has 0 aliphatic rings. The second-order valence-corrected chi connectivity index (χ2v) is 4.69. The van der Waals surface area contributed by atoms with Crippen LogP contribution in [0.25, 0.3) is 0 Å². The molecule has 1 rings (SSSR count). The summed E-state index contributed by atoms with van der Waals surface area (Å²) in [6, 6.07) is 7.13. The predicted molar refractivity (Wildman–Crippen MR) is 68.5 cm³/mol. The van der Waals surface area contributed by atoms with E-state index in [2.05, 4.69) is 45.9 Å². The highest BCUT2D eigenvalue weighted by atomic mass is 14.1. The predicted octanol–water partition coefficient (Wildman–Crippen LogP) is 4.72. The molecule has 0 bridgehead atoms. The molecule has 0 heterocycles. The van der Waals surface area contributed by atoms with Crippen molar-refractivity contribution in [3.05, 3.63) is 34.9 Å². The lowest BCUT2D eigenvalue weighted by Crippen LogP contribution is -1.95. The molecule has 0 unspecified atom stereocenters.